The van der Waals surface area contributed by atoms with Gasteiger partial charge in [0.1, 0.15) is 40.5 Å². The van der Waals surface area contributed by atoms with Crippen LogP contribution in [0.25, 0.3) is 0 Å². The van der Waals surface area contributed by atoms with E-state index in [1.54, 1.807) is 30.5 Å². The molecular weight excluding hydrogens is 519 g/mol. The lowest BCUT2D eigenvalue weighted by Gasteiger charge is -2.19. The summed E-state index contributed by atoms with van der Waals surface area (Å²) in [7, 11) is 1.48. The van der Waals surface area contributed by atoms with Gasteiger partial charge in [-0.1, -0.05) is 29.8 Å². The Morgan fingerprint density at radius 1 is 1.30 bits per heavy atom. The van der Waals surface area contributed by atoms with Gasteiger partial charge in [0.25, 0.3) is 0 Å². The number of pyridine rings is 1. The monoisotopic (exact) mass is 542 g/mol. The number of nitrogens with one attached hydrogen (secondary N) is 3. The Bertz CT molecular complexity index is 1390. The summed E-state index contributed by atoms with van der Waals surface area (Å²) in [6.07, 6.45) is 6.48. The first-order valence-corrected chi connectivity index (χ1v) is 12.3. The molecule has 3 N–H and O–H groups in total. The fourth-order valence-corrected chi connectivity index (χ4v) is 4.88. The van der Waals surface area contributed by atoms with Crippen molar-refractivity contribution in [3.8, 4) is 11.5 Å². The van der Waals surface area contributed by atoms with E-state index in [4.69, 9.17) is 37.4 Å². The Morgan fingerprint density at radius 2 is 2.11 bits per heavy atom. The minimum Gasteiger partial charge on any atom is -0.495 e. The van der Waals surface area contributed by atoms with E-state index in [1.807, 2.05) is 6.92 Å². The fraction of sp³-hybridized carbons (Fsp3) is 0.269. The summed E-state index contributed by atoms with van der Waals surface area (Å²) >= 11 is 12.3. The maximum atomic E-state index is 12.8. The second-order valence-electron chi connectivity index (χ2n) is 8.90. The molecule has 1 saturated heterocycles. The maximum Gasteiger partial charge on any atom is 0.320 e. The number of carbonyl (C=O) groups excluding carboxylic acids is 2. The minimum atomic E-state index is -0.691. The molecule has 0 bridgehead atoms. The molecule has 192 valence electrons. The second kappa shape index (κ2) is 9.64. The van der Waals surface area contributed by atoms with E-state index in [2.05, 4.69) is 27.5 Å². The Labute approximate surface area is 223 Å². The summed E-state index contributed by atoms with van der Waals surface area (Å²) in [5, 5.41) is 9.08. The zero-order chi connectivity index (χ0) is 26.3. The molecule has 3 amide bonds. The topological polar surface area (TPSA) is 111 Å². The molecule has 9 nitrogen and oxygen atoms in total. The predicted molar refractivity (Wildman–Crippen MR) is 140 cm³/mol. The van der Waals surface area contributed by atoms with Gasteiger partial charge in [-0.05, 0) is 37.6 Å². The van der Waals surface area contributed by atoms with Crippen molar-refractivity contribution in [3.63, 3.8) is 0 Å². The summed E-state index contributed by atoms with van der Waals surface area (Å²) in [5.41, 5.74) is 1.20. The fourth-order valence-electron chi connectivity index (χ4n) is 4.38. The van der Waals surface area contributed by atoms with Gasteiger partial charge < -0.3 is 30.2 Å². The quantitative estimate of drug-likeness (QED) is 0.423. The summed E-state index contributed by atoms with van der Waals surface area (Å²) in [5.74, 6) is 2.67. The largest absolute Gasteiger partial charge is 0.495 e. The number of rotatable bonds is 6. The van der Waals surface area contributed by atoms with Crippen LogP contribution >= 0.6 is 23.2 Å². The number of anilines is 2. The number of hydrogen-bond donors (Lipinski definition) is 3. The highest BCUT2D eigenvalue weighted by Crippen LogP contribution is 2.54. The van der Waals surface area contributed by atoms with Crippen molar-refractivity contribution in [2.45, 2.75) is 37.8 Å². The number of methoxy groups -OCH3 is 1. The summed E-state index contributed by atoms with van der Waals surface area (Å²) in [4.78, 5) is 28.6. The SMILES string of the molecule is C=C1/C(=C\C=C(/C)Oc2ccnc3c2CCC(=O)N3)O[C@H]2CC12NC(=O)Nc1cc(OC)c(Cl)cc1Cl. The van der Waals surface area contributed by atoms with E-state index in [9.17, 15) is 9.59 Å². The normalized spacial score (nSPS) is 23.0. The highest BCUT2D eigenvalue weighted by Gasteiger charge is 2.65. The smallest absolute Gasteiger partial charge is 0.320 e. The van der Waals surface area contributed by atoms with E-state index in [0.29, 0.717) is 64.4 Å². The minimum absolute atomic E-state index is 0.0585. The second-order valence-corrected chi connectivity index (χ2v) is 9.72. The van der Waals surface area contributed by atoms with Crippen LogP contribution < -0.4 is 25.4 Å². The summed E-state index contributed by atoms with van der Waals surface area (Å²) < 4.78 is 17.2. The molecule has 1 saturated carbocycles. The Morgan fingerprint density at radius 3 is 2.89 bits per heavy atom. The lowest BCUT2D eigenvalue weighted by atomic mass is 10.1. The molecule has 0 spiro atoms. The first kappa shape index (κ1) is 25.0. The molecule has 2 fully saturated rings. The molecule has 2 aliphatic heterocycles. The molecule has 1 aliphatic carbocycles. The van der Waals surface area contributed by atoms with Crippen molar-refractivity contribution in [1.82, 2.24) is 10.3 Å². The molecule has 2 atom stereocenters. The Balaban J connectivity index is 1.24. The first-order chi connectivity index (χ1) is 17.7. The van der Waals surface area contributed by atoms with Gasteiger partial charge in [0.05, 0.1) is 22.8 Å². The van der Waals surface area contributed by atoms with E-state index in [0.717, 1.165) is 5.56 Å². The Kier molecular flexibility index (Phi) is 6.51. The molecule has 5 rings (SSSR count). The van der Waals surface area contributed by atoms with Crippen molar-refractivity contribution < 1.29 is 23.8 Å². The van der Waals surface area contributed by atoms with E-state index in [1.165, 1.54) is 13.2 Å². The molecular formula is C26H24Cl2N4O5. The van der Waals surface area contributed by atoms with Gasteiger partial charge in [-0.25, -0.2) is 9.78 Å². The molecule has 1 aromatic heterocycles. The molecule has 3 aliphatic rings. The molecule has 11 heteroatoms. The van der Waals surface area contributed by atoms with Crippen LogP contribution in [0.1, 0.15) is 25.3 Å². The molecule has 2 aromatic rings. The number of hydrogen-bond acceptors (Lipinski definition) is 6. The average molecular weight is 543 g/mol. The zero-order valence-electron chi connectivity index (χ0n) is 20.1. The van der Waals surface area contributed by atoms with Crippen molar-refractivity contribution in [3.05, 3.63) is 75.8 Å². The van der Waals surface area contributed by atoms with E-state index < -0.39 is 11.6 Å². The van der Waals surface area contributed by atoms with Gasteiger partial charge in [0.2, 0.25) is 5.91 Å². The summed E-state index contributed by atoms with van der Waals surface area (Å²) in [6.45, 7) is 5.97. The standard InChI is InChI=1S/C26H24Cl2N4O5/c1-13(36-20-8-9-29-24-15(20)5-7-23(33)31-24)4-6-19-14(2)26(12-22(26)37-19)32-25(34)30-18-11-21(35-3)17(28)10-16(18)27/h4,6,8-11,22H,2,5,7,12H2,1,3H3,(H,29,31,33)(H2,30,32,34)/b13-4+,19-6+/t22-,26?/m0/s1. The lowest BCUT2D eigenvalue weighted by molar-refractivity contribution is -0.116. The van der Waals surface area contributed by atoms with Crippen LogP contribution in [0.2, 0.25) is 10.0 Å². The number of halogens is 2. The number of benzene rings is 1. The van der Waals surface area contributed by atoms with Crippen molar-refractivity contribution in [1.29, 1.82) is 0 Å². The van der Waals surface area contributed by atoms with Gasteiger partial charge in [0, 0.05) is 36.2 Å². The average Bonchev–Trinajstić information content (AvgIpc) is 3.48. The summed E-state index contributed by atoms with van der Waals surface area (Å²) in [6, 6.07) is 4.37. The zero-order valence-corrected chi connectivity index (χ0v) is 21.6. The predicted octanol–water partition coefficient (Wildman–Crippen LogP) is 5.37. The number of nitrogens with zero attached hydrogens (tertiary/aromatic N) is 1. The number of fused-ring (bicyclic) bond motifs is 2. The highest BCUT2D eigenvalue weighted by atomic mass is 35.5. The first-order valence-electron chi connectivity index (χ1n) is 11.5. The third-order valence-electron chi connectivity index (χ3n) is 6.44. The Hall–Kier alpha value is -3.69. The van der Waals surface area contributed by atoms with Crippen LogP contribution in [0.15, 0.2) is 60.2 Å². The van der Waals surface area contributed by atoms with Crippen LogP contribution in [0, 0.1) is 0 Å². The van der Waals surface area contributed by atoms with Gasteiger partial charge in [0.15, 0.2) is 0 Å². The molecule has 3 heterocycles. The van der Waals surface area contributed by atoms with Crippen LogP contribution in [0.4, 0.5) is 16.3 Å². The number of allylic oxidation sites excluding steroid dienone is 3. The number of ether oxygens (including phenoxy) is 3. The lowest BCUT2D eigenvalue weighted by Crippen LogP contribution is -2.41. The molecule has 0 radical (unpaired) electrons. The third kappa shape index (κ3) is 4.84. The van der Waals surface area contributed by atoms with Gasteiger partial charge in [-0.3, -0.25) is 4.79 Å². The van der Waals surface area contributed by atoms with E-state index in [-0.39, 0.29) is 17.0 Å². The number of carbonyl (C=O) groups is 2. The maximum absolute atomic E-state index is 12.8. The van der Waals surface area contributed by atoms with Crippen LogP contribution in [-0.2, 0) is 16.0 Å². The molecule has 1 aromatic carbocycles. The van der Waals surface area contributed by atoms with Gasteiger partial charge in [-0.2, -0.15) is 0 Å². The van der Waals surface area contributed by atoms with Crippen LogP contribution in [-0.4, -0.2) is 35.7 Å². The van der Waals surface area contributed by atoms with E-state index >= 15 is 0 Å². The van der Waals surface area contributed by atoms with Crippen molar-refractivity contribution >= 4 is 46.6 Å². The number of urea groups is 1. The van der Waals surface area contributed by atoms with Gasteiger partial charge in [-0.15, -0.1) is 0 Å². The molecule has 1 unspecified atom stereocenters. The van der Waals surface area contributed by atoms with Gasteiger partial charge >= 0.3 is 6.03 Å². The van der Waals surface area contributed by atoms with Crippen LogP contribution in [0.3, 0.4) is 0 Å². The highest BCUT2D eigenvalue weighted by molar-refractivity contribution is 6.37. The number of aromatic nitrogens is 1. The molecule has 37 heavy (non-hydrogen) atoms. The third-order valence-corrected chi connectivity index (χ3v) is 7.05. The number of amides is 3. The van der Waals surface area contributed by atoms with Crippen molar-refractivity contribution in [2.24, 2.45) is 0 Å². The van der Waals surface area contributed by atoms with Crippen LogP contribution in [0.5, 0.6) is 11.5 Å². The van der Waals surface area contributed by atoms with Crippen molar-refractivity contribution in [2.75, 3.05) is 17.7 Å².